The first kappa shape index (κ1) is 18.7. The first-order chi connectivity index (χ1) is 11.2. The number of carbonyl (C=O) groups is 1. The van der Waals surface area contributed by atoms with Crippen LogP contribution in [0.15, 0.2) is 23.1 Å². The third-order valence-electron chi connectivity index (χ3n) is 4.27. The summed E-state index contributed by atoms with van der Waals surface area (Å²) >= 11 is 0. The molecule has 0 aliphatic carbocycles. The molecule has 1 amide bonds. The Labute approximate surface area is 144 Å². The van der Waals surface area contributed by atoms with E-state index in [1.165, 1.54) is 22.4 Å². The number of amides is 1. The fourth-order valence-corrected chi connectivity index (χ4v) is 5.07. The van der Waals surface area contributed by atoms with Crippen molar-refractivity contribution in [2.75, 3.05) is 34.3 Å². The molecule has 2 rings (SSSR count). The first-order valence-corrected chi connectivity index (χ1v) is 9.50. The van der Waals surface area contributed by atoms with Crippen LogP contribution in [0.5, 0.6) is 5.75 Å². The molecular formula is C17H26N2O4S. The van der Waals surface area contributed by atoms with E-state index >= 15 is 0 Å². The number of sulfonamides is 1. The summed E-state index contributed by atoms with van der Waals surface area (Å²) in [5, 5.41) is 0. The Hall–Kier alpha value is -1.60. The summed E-state index contributed by atoms with van der Waals surface area (Å²) in [6, 6.07) is 4.54. The minimum Gasteiger partial charge on any atom is -0.495 e. The molecule has 0 aromatic heterocycles. The minimum absolute atomic E-state index is 0.0546. The smallest absolute Gasteiger partial charge is 0.253 e. The molecule has 1 aromatic carbocycles. The molecular weight excluding hydrogens is 328 g/mol. The van der Waals surface area contributed by atoms with Crippen LogP contribution in [0.3, 0.4) is 0 Å². The van der Waals surface area contributed by atoms with Gasteiger partial charge in [-0.1, -0.05) is 13.8 Å². The van der Waals surface area contributed by atoms with E-state index in [1.807, 2.05) is 0 Å². The fraction of sp³-hybridized carbons (Fsp3) is 0.588. The average Bonchev–Trinajstić information content (AvgIpc) is 2.52. The van der Waals surface area contributed by atoms with Gasteiger partial charge in [-0.3, -0.25) is 4.79 Å². The summed E-state index contributed by atoms with van der Waals surface area (Å²) < 4.78 is 33.0. The van der Waals surface area contributed by atoms with Gasteiger partial charge >= 0.3 is 0 Å². The monoisotopic (exact) mass is 354 g/mol. The molecule has 1 aliphatic heterocycles. The van der Waals surface area contributed by atoms with E-state index in [9.17, 15) is 13.2 Å². The second-order valence-electron chi connectivity index (χ2n) is 6.83. The molecule has 0 spiro atoms. The number of hydrogen-bond donors (Lipinski definition) is 0. The van der Waals surface area contributed by atoms with Crippen molar-refractivity contribution in [3.63, 3.8) is 0 Å². The Morgan fingerprint density at radius 1 is 1.21 bits per heavy atom. The van der Waals surface area contributed by atoms with E-state index in [-0.39, 0.29) is 16.6 Å². The lowest BCUT2D eigenvalue weighted by Gasteiger charge is -2.34. The predicted octanol–water partition coefficient (Wildman–Crippen LogP) is 2.06. The highest BCUT2D eigenvalue weighted by Crippen LogP contribution is 2.32. The third-order valence-corrected chi connectivity index (χ3v) is 6.12. The second-order valence-corrected chi connectivity index (χ2v) is 8.74. The Morgan fingerprint density at radius 2 is 1.79 bits per heavy atom. The average molecular weight is 354 g/mol. The largest absolute Gasteiger partial charge is 0.495 e. The molecule has 1 aromatic rings. The molecule has 24 heavy (non-hydrogen) atoms. The number of nitrogens with zero attached hydrogens (tertiary/aromatic N) is 2. The number of piperidine rings is 1. The van der Waals surface area contributed by atoms with Crippen molar-refractivity contribution < 1.29 is 17.9 Å². The van der Waals surface area contributed by atoms with E-state index in [4.69, 9.17) is 4.74 Å². The minimum atomic E-state index is -3.71. The lowest BCUT2D eigenvalue weighted by atomic mass is 9.94. The molecule has 134 valence electrons. The van der Waals surface area contributed by atoms with Gasteiger partial charge in [0.25, 0.3) is 5.91 Å². The number of hydrogen-bond acceptors (Lipinski definition) is 4. The molecule has 7 heteroatoms. The van der Waals surface area contributed by atoms with Crippen LogP contribution in [-0.2, 0) is 10.0 Å². The number of carbonyl (C=O) groups excluding carboxylic acids is 1. The zero-order valence-electron chi connectivity index (χ0n) is 14.9. The van der Waals surface area contributed by atoms with E-state index in [1.54, 1.807) is 26.2 Å². The molecule has 1 heterocycles. The maximum absolute atomic E-state index is 13.1. The molecule has 6 nitrogen and oxygen atoms in total. The lowest BCUT2D eigenvalue weighted by molar-refractivity contribution is 0.0827. The van der Waals surface area contributed by atoms with Gasteiger partial charge in [0.05, 0.1) is 7.11 Å². The van der Waals surface area contributed by atoms with E-state index < -0.39 is 10.0 Å². The van der Waals surface area contributed by atoms with Gasteiger partial charge in [0, 0.05) is 32.7 Å². The normalized spacial score (nSPS) is 22.2. The van der Waals surface area contributed by atoms with Crippen molar-refractivity contribution in [1.82, 2.24) is 9.21 Å². The first-order valence-electron chi connectivity index (χ1n) is 8.06. The van der Waals surface area contributed by atoms with Gasteiger partial charge in [-0.15, -0.1) is 0 Å². The fourth-order valence-electron chi connectivity index (χ4n) is 3.21. The van der Waals surface area contributed by atoms with Gasteiger partial charge in [-0.05, 0) is 36.5 Å². The molecule has 1 fully saturated rings. The van der Waals surface area contributed by atoms with E-state index in [2.05, 4.69) is 13.8 Å². The lowest BCUT2D eigenvalue weighted by Crippen LogP contribution is -2.42. The summed E-state index contributed by atoms with van der Waals surface area (Å²) in [6.45, 7) is 5.09. The summed E-state index contributed by atoms with van der Waals surface area (Å²) in [5.74, 6) is 0.632. The molecule has 1 aliphatic rings. The van der Waals surface area contributed by atoms with Crippen molar-refractivity contribution in [3.05, 3.63) is 23.8 Å². The topological polar surface area (TPSA) is 66.9 Å². The molecule has 0 saturated carbocycles. The molecule has 2 atom stereocenters. The van der Waals surface area contributed by atoms with Gasteiger partial charge in [0.2, 0.25) is 10.0 Å². The van der Waals surface area contributed by atoms with Gasteiger partial charge in [0.1, 0.15) is 10.6 Å². The van der Waals surface area contributed by atoms with Crippen LogP contribution >= 0.6 is 0 Å². The number of benzene rings is 1. The molecule has 0 N–H and O–H groups in total. The molecule has 0 bridgehead atoms. The predicted molar refractivity (Wildman–Crippen MR) is 92.7 cm³/mol. The van der Waals surface area contributed by atoms with Gasteiger partial charge in [0.15, 0.2) is 0 Å². The highest BCUT2D eigenvalue weighted by atomic mass is 32.2. The summed E-state index contributed by atoms with van der Waals surface area (Å²) in [6.07, 6.45) is 1.02. The quantitative estimate of drug-likeness (QED) is 0.830. The maximum Gasteiger partial charge on any atom is 0.253 e. The van der Waals surface area contributed by atoms with Crippen LogP contribution in [0.4, 0.5) is 0 Å². The number of methoxy groups -OCH3 is 1. The summed E-state index contributed by atoms with van der Waals surface area (Å²) in [7, 11) is 0.986. The van der Waals surface area contributed by atoms with Crippen LogP contribution < -0.4 is 4.74 Å². The van der Waals surface area contributed by atoms with Gasteiger partial charge < -0.3 is 9.64 Å². The van der Waals surface area contributed by atoms with Gasteiger partial charge in [-0.2, -0.15) is 4.31 Å². The highest BCUT2D eigenvalue weighted by Gasteiger charge is 2.34. The van der Waals surface area contributed by atoms with Crippen molar-refractivity contribution in [1.29, 1.82) is 0 Å². The SMILES string of the molecule is COc1ccc(C(=O)N(C)C)cc1S(=O)(=O)N1C[C@H](C)C[C@H](C)C1. The Kier molecular flexibility index (Phi) is 5.55. The number of ether oxygens (including phenoxy) is 1. The van der Waals surface area contributed by atoms with Gasteiger partial charge in [-0.25, -0.2) is 8.42 Å². The zero-order chi connectivity index (χ0) is 18.1. The van der Waals surface area contributed by atoms with Crippen molar-refractivity contribution in [2.24, 2.45) is 11.8 Å². The summed E-state index contributed by atoms with van der Waals surface area (Å²) in [5.41, 5.74) is 0.331. The Balaban J connectivity index is 2.48. The van der Waals surface area contributed by atoms with E-state index in [0.717, 1.165) is 6.42 Å². The van der Waals surface area contributed by atoms with Crippen molar-refractivity contribution in [2.45, 2.75) is 25.2 Å². The number of rotatable bonds is 4. The van der Waals surface area contributed by atoms with Crippen LogP contribution in [0.1, 0.15) is 30.6 Å². The summed E-state index contributed by atoms with van der Waals surface area (Å²) in [4.78, 5) is 13.7. The standard InChI is InChI=1S/C17H26N2O4S/c1-12-8-13(2)11-19(10-12)24(21,22)16-9-14(17(20)18(3)4)6-7-15(16)23-5/h6-7,9,12-13H,8,10-11H2,1-5H3/t12-,13+. The molecule has 0 unspecified atom stereocenters. The Morgan fingerprint density at radius 3 is 2.29 bits per heavy atom. The van der Waals surface area contributed by atoms with Crippen molar-refractivity contribution >= 4 is 15.9 Å². The maximum atomic E-state index is 13.1. The third kappa shape index (κ3) is 3.72. The van der Waals surface area contributed by atoms with E-state index in [0.29, 0.717) is 30.5 Å². The highest BCUT2D eigenvalue weighted by molar-refractivity contribution is 7.89. The Bertz CT molecular complexity index is 705. The van der Waals surface area contributed by atoms with Crippen LogP contribution in [0.25, 0.3) is 0 Å². The van der Waals surface area contributed by atoms with Crippen molar-refractivity contribution in [3.8, 4) is 5.75 Å². The molecule has 1 saturated heterocycles. The van der Waals surface area contributed by atoms with Crippen LogP contribution in [0, 0.1) is 11.8 Å². The zero-order valence-corrected chi connectivity index (χ0v) is 15.8. The van der Waals surface area contributed by atoms with Crippen LogP contribution in [0.2, 0.25) is 0 Å². The molecule has 0 radical (unpaired) electrons. The van der Waals surface area contributed by atoms with Crippen LogP contribution in [-0.4, -0.2) is 57.8 Å². The second kappa shape index (κ2) is 7.11.